The first kappa shape index (κ1) is 15.0. The Balaban J connectivity index is 2.03. The maximum atomic E-state index is 12.2. The van der Waals surface area contributed by atoms with E-state index >= 15 is 0 Å². The number of anilines is 2. The van der Waals surface area contributed by atoms with Crippen LogP contribution in [0, 0.1) is 5.92 Å². The largest absolute Gasteiger partial charge is 0.497 e. The number of benzene rings is 1. The Labute approximate surface area is 120 Å². The molecule has 0 heterocycles. The molecule has 1 aliphatic rings. The summed E-state index contributed by atoms with van der Waals surface area (Å²) in [6, 6.07) is 4.93. The molecule has 0 unspecified atom stereocenters. The molecule has 0 spiro atoms. The van der Waals surface area contributed by atoms with Gasteiger partial charge in [-0.15, -0.1) is 0 Å². The zero-order valence-electron chi connectivity index (χ0n) is 11.8. The average Bonchev–Trinajstić information content (AvgIpc) is 2.41. The Morgan fingerprint density at radius 2 is 2.00 bits per heavy atom. The molecule has 1 saturated carbocycles. The number of ether oxygens (including phenoxy) is 1. The Hall–Kier alpha value is -1.43. The van der Waals surface area contributed by atoms with Crippen molar-refractivity contribution in [2.45, 2.75) is 32.1 Å². The van der Waals surface area contributed by atoms with Crippen molar-refractivity contribution in [3.05, 3.63) is 18.2 Å². The van der Waals surface area contributed by atoms with Gasteiger partial charge in [-0.05, 0) is 30.9 Å². The van der Waals surface area contributed by atoms with E-state index in [-0.39, 0.29) is 11.7 Å². The molecular formula is C14H22N2O3S. The minimum Gasteiger partial charge on any atom is -0.497 e. The molecule has 1 aromatic rings. The molecule has 20 heavy (non-hydrogen) atoms. The molecule has 1 aromatic carbocycles. The highest BCUT2D eigenvalue weighted by molar-refractivity contribution is 7.92. The lowest BCUT2D eigenvalue weighted by molar-refractivity contribution is 0.385. The Morgan fingerprint density at radius 3 is 2.60 bits per heavy atom. The van der Waals surface area contributed by atoms with Gasteiger partial charge in [0.15, 0.2) is 0 Å². The van der Waals surface area contributed by atoms with Gasteiger partial charge in [0.05, 0.1) is 24.2 Å². The van der Waals surface area contributed by atoms with Crippen molar-refractivity contribution in [2.24, 2.45) is 5.92 Å². The SMILES string of the molecule is COc1ccc(NS(=O)(=O)CC2CCCCC2)c(N)c1. The highest BCUT2D eigenvalue weighted by atomic mass is 32.2. The van der Waals surface area contributed by atoms with Crippen LogP contribution in [0.15, 0.2) is 18.2 Å². The minimum atomic E-state index is -3.35. The van der Waals surface area contributed by atoms with Gasteiger partial charge in [0, 0.05) is 6.07 Å². The Bertz CT molecular complexity index is 552. The van der Waals surface area contributed by atoms with E-state index in [1.54, 1.807) is 25.3 Å². The molecule has 0 radical (unpaired) electrons. The molecular weight excluding hydrogens is 276 g/mol. The summed E-state index contributed by atoms with van der Waals surface area (Å²) in [4.78, 5) is 0. The molecule has 0 amide bonds. The van der Waals surface area contributed by atoms with E-state index in [1.807, 2.05) is 0 Å². The van der Waals surface area contributed by atoms with Crippen LogP contribution in [-0.2, 0) is 10.0 Å². The highest BCUT2D eigenvalue weighted by Gasteiger charge is 2.21. The summed E-state index contributed by atoms with van der Waals surface area (Å²) in [6.07, 6.45) is 5.48. The minimum absolute atomic E-state index is 0.179. The summed E-state index contributed by atoms with van der Waals surface area (Å²) in [5, 5.41) is 0. The maximum Gasteiger partial charge on any atom is 0.233 e. The number of methoxy groups -OCH3 is 1. The van der Waals surface area contributed by atoms with Gasteiger partial charge in [-0.3, -0.25) is 4.72 Å². The van der Waals surface area contributed by atoms with Crippen LogP contribution < -0.4 is 15.2 Å². The number of sulfonamides is 1. The van der Waals surface area contributed by atoms with Crippen molar-refractivity contribution < 1.29 is 13.2 Å². The summed E-state index contributed by atoms with van der Waals surface area (Å²) < 4.78 is 32.0. The van der Waals surface area contributed by atoms with Crippen LogP contribution in [0.5, 0.6) is 5.75 Å². The van der Waals surface area contributed by atoms with Crippen LogP contribution >= 0.6 is 0 Å². The smallest absolute Gasteiger partial charge is 0.233 e. The topological polar surface area (TPSA) is 81.4 Å². The molecule has 6 heteroatoms. The third kappa shape index (κ3) is 4.03. The van der Waals surface area contributed by atoms with Crippen LogP contribution in [0.3, 0.4) is 0 Å². The first-order valence-electron chi connectivity index (χ1n) is 6.94. The summed E-state index contributed by atoms with van der Waals surface area (Å²) in [5.74, 6) is 1.05. The molecule has 3 N–H and O–H groups in total. The van der Waals surface area contributed by atoms with E-state index in [2.05, 4.69) is 4.72 Å². The van der Waals surface area contributed by atoms with Gasteiger partial charge < -0.3 is 10.5 Å². The first-order valence-corrected chi connectivity index (χ1v) is 8.59. The Kier molecular flexibility index (Phi) is 4.75. The summed E-state index contributed by atoms with van der Waals surface area (Å²) in [6.45, 7) is 0. The normalized spacial score (nSPS) is 16.9. The highest BCUT2D eigenvalue weighted by Crippen LogP contribution is 2.28. The van der Waals surface area contributed by atoms with Crippen molar-refractivity contribution in [3.63, 3.8) is 0 Å². The van der Waals surface area contributed by atoms with E-state index in [0.29, 0.717) is 17.1 Å². The van der Waals surface area contributed by atoms with Crippen LogP contribution in [0.2, 0.25) is 0 Å². The molecule has 0 bridgehead atoms. The van der Waals surface area contributed by atoms with Gasteiger partial charge in [-0.1, -0.05) is 19.3 Å². The van der Waals surface area contributed by atoms with Crippen LogP contribution in [0.4, 0.5) is 11.4 Å². The van der Waals surface area contributed by atoms with Gasteiger partial charge in [0.2, 0.25) is 10.0 Å². The summed E-state index contributed by atoms with van der Waals surface area (Å²) >= 11 is 0. The first-order chi connectivity index (χ1) is 9.50. The standard InChI is InChI=1S/C14H22N2O3S/c1-19-12-7-8-14(13(15)9-12)16-20(17,18)10-11-5-3-2-4-6-11/h7-9,11,16H,2-6,10,15H2,1H3. The molecule has 0 aliphatic heterocycles. The fraction of sp³-hybridized carbons (Fsp3) is 0.571. The molecule has 112 valence electrons. The van der Waals surface area contributed by atoms with E-state index in [0.717, 1.165) is 25.7 Å². The third-order valence-electron chi connectivity index (χ3n) is 3.70. The van der Waals surface area contributed by atoms with Crippen molar-refractivity contribution in [3.8, 4) is 5.75 Å². The van der Waals surface area contributed by atoms with E-state index in [1.165, 1.54) is 6.42 Å². The van der Waals surface area contributed by atoms with Gasteiger partial charge in [0.25, 0.3) is 0 Å². The lowest BCUT2D eigenvalue weighted by Crippen LogP contribution is -2.24. The predicted octanol–water partition coefficient (Wildman–Crippen LogP) is 2.60. The van der Waals surface area contributed by atoms with Gasteiger partial charge in [-0.25, -0.2) is 8.42 Å². The van der Waals surface area contributed by atoms with Gasteiger partial charge >= 0.3 is 0 Å². The maximum absolute atomic E-state index is 12.2. The molecule has 1 aliphatic carbocycles. The van der Waals surface area contributed by atoms with Crippen molar-refractivity contribution in [1.29, 1.82) is 0 Å². The number of hydrogen-bond donors (Lipinski definition) is 2. The number of nitrogens with two attached hydrogens (primary N) is 1. The predicted molar refractivity (Wildman–Crippen MR) is 81.4 cm³/mol. The third-order valence-corrected chi connectivity index (χ3v) is 5.15. The van der Waals surface area contributed by atoms with Crippen LogP contribution in [0.25, 0.3) is 0 Å². The van der Waals surface area contributed by atoms with Gasteiger partial charge in [0.1, 0.15) is 5.75 Å². The lowest BCUT2D eigenvalue weighted by Gasteiger charge is -2.21. The van der Waals surface area contributed by atoms with E-state index in [4.69, 9.17) is 10.5 Å². The molecule has 0 aromatic heterocycles. The van der Waals surface area contributed by atoms with Crippen molar-refractivity contribution in [2.75, 3.05) is 23.3 Å². The molecule has 2 rings (SSSR count). The second-order valence-electron chi connectivity index (χ2n) is 5.34. The lowest BCUT2D eigenvalue weighted by atomic mass is 9.91. The average molecular weight is 298 g/mol. The second kappa shape index (κ2) is 6.35. The van der Waals surface area contributed by atoms with Crippen LogP contribution in [0.1, 0.15) is 32.1 Å². The fourth-order valence-corrected chi connectivity index (χ4v) is 4.19. The monoisotopic (exact) mass is 298 g/mol. The molecule has 0 atom stereocenters. The molecule has 5 nitrogen and oxygen atoms in total. The zero-order chi connectivity index (χ0) is 14.6. The Morgan fingerprint density at radius 1 is 1.30 bits per heavy atom. The van der Waals surface area contributed by atoms with Crippen molar-refractivity contribution in [1.82, 2.24) is 0 Å². The summed E-state index contributed by atoms with van der Waals surface area (Å²) in [7, 11) is -1.80. The van der Waals surface area contributed by atoms with E-state index < -0.39 is 10.0 Å². The second-order valence-corrected chi connectivity index (χ2v) is 7.11. The van der Waals surface area contributed by atoms with Crippen molar-refractivity contribution >= 4 is 21.4 Å². The van der Waals surface area contributed by atoms with Crippen LogP contribution in [-0.4, -0.2) is 21.3 Å². The zero-order valence-corrected chi connectivity index (χ0v) is 12.6. The number of nitrogens with one attached hydrogen (secondary N) is 1. The number of hydrogen-bond acceptors (Lipinski definition) is 4. The number of rotatable bonds is 5. The number of nitrogen functional groups attached to an aromatic ring is 1. The quantitative estimate of drug-likeness (QED) is 0.819. The van der Waals surface area contributed by atoms with E-state index in [9.17, 15) is 8.42 Å². The molecule has 1 fully saturated rings. The summed E-state index contributed by atoms with van der Waals surface area (Å²) in [5.41, 5.74) is 6.62. The molecule has 0 saturated heterocycles. The fourth-order valence-electron chi connectivity index (χ4n) is 2.63. The van der Waals surface area contributed by atoms with Gasteiger partial charge in [-0.2, -0.15) is 0 Å².